The summed E-state index contributed by atoms with van der Waals surface area (Å²) in [6.45, 7) is 0.978. The molecule has 104 valence electrons. The van der Waals surface area contributed by atoms with E-state index in [1.54, 1.807) is 18.2 Å². The van der Waals surface area contributed by atoms with E-state index in [1.165, 1.54) is 0 Å². The highest BCUT2D eigenvalue weighted by Gasteiger charge is 2.16. The van der Waals surface area contributed by atoms with Crippen molar-refractivity contribution in [3.05, 3.63) is 27.1 Å². The summed E-state index contributed by atoms with van der Waals surface area (Å²) in [6, 6.07) is 4.95. The second-order valence-corrected chi connectivity index (χ2v) is 6.97. The number of nitrogens with two attached hydrogens (primary N) is 1. The van der Waals surface area contributed by atoms with Gasteiger partial charge in [0.2, 0.25) is 10.0 Å². The second-order valence-electron chi connectivity index (χ2n) is 3.47. The first-order valence-electron chi connectivity index (χ1n) is 5.12. The zero-order valence-electron chi connectivity index (χ0n) is 9.53. The summed E-state index contributed by atoms with van der Waals surface area (Å²) >= 11 is 6.51. The molecule has 0 aromatic heterocycles. The summed E-state index contributed by atoms with van der Waals surface area (Å²) in [7, 11) is -3.45. The summed E-state index contributed by atoms with van der Waals surface area (Å²) in [6.07, 6.45) is 1.55. The highest BCUT2D eigenvalue weighted by Crippen LogP contribution is 2.25. The van der Waals surface area contributed by atoms with E-state index in [1.807, 2.05) is 0 Å². The average molecular weight is 423 g/mol. The number of hydrogen-bond donors (Lipinski definition) is 2. The Balaban J connectivity index is 0.00000289. The molecular weight excluding hydrogens is 407 g/mol. The monoisotopic (exact) mass is 420 g/mol. The Morgan fingerprint density at radius 2 is 1.89 bits per heavy atom. The number of nitrogens with one attached hydrogen (secondary N) is 1. The first-order chi connectivity index (χ1) is 7.97. The fourth-order valence-electron chi connectivity index (χ4n) is 1.25. The largest absolute Gasteiger partial charge is 0.330 e. The van der Waals surface area contributed by atoms with Gasteiger partial charge in [0.05, 0.1) is 4.90 Å². The number of unbranched alkanes of at least 4 members (excludes halogenated alkanes) is 1. The standard InChI is InChI=1S/C10H14Br2N2O2S.ClH/c11-8-3-4-10(9(12)7-8)17(15,16)14-6-2-1-5-13;/h3-4,7,14H,1-2,5-6,13H2;1H. The van der Waals surface area contributed by atoms with Crippen LogP contribution >= 0.6 is 44.3 Å². The molecule has 0 fully saturated rings. The van der Waals surface area contributed by atoms with Crippen molar-refractivity contribution in [3.63, 3.8) is 0 Å². The van der Waals surface area contributed by atoms with Crippen LogP contribution in [0.5, 0.6) is 0 Å². The molecule has 1 aromatic rings. The highest BCUT2D eigenvalue weighted by molar-refractivity contribution is 9.11. The van der Waals surface area contributed by atoms with Crippen molar-refractivity contribution in [1.82, 2.24) is 4.72 Å². The zero-order chi connectivity index (χ0) is 12.9. The molecular formula is C10H15Br2ClN2O2S. The fourth-order valence-corrected chi connectivity index (χ4v) is 4.06. The Bertz CT molecular complexity index is 483. The molecule has 4 nitrogen and oxygen atoms in total. The van der Waals surface area contributed by atoms with Gasteiger partial charge in [0.15, 0.2) is 0 Å². The first kappa shape index (κ1) is 18.3. The van der Waals surface area contributed by atoms with Crippen LogP contribution in [0.15, 0.2) is 32.0 Å². The van der Waals surface area contributed by atoms with E-state index in [0.29, 0.717) is 17.6 Å². The maximum absolute atomic E-state index is 11.9. The van der Waals surface area contributed by atoms with Gasteiger partial charge in [0.25, 0.3) is 0 Å². The van der Waals surface area contributed by atoms with Gasteiger partial charge in [-0.25, -0.2) is 13.1 Å². The molecule has 0 aliphatic rings. The van der Waals surface area contributed by atoms with Crippen LogP contribution in [0.1, 0.15) is 12.8 Å². The smallest absolute Gasteiger partial charge is 0.241 e. The van der Waals surface area contributed by atoms with Crippen molar-refractivity contribution >= 4 is 54.3 Å². The van der Waals surface area contributed by atoms with E-state index in [4.69, 9.17) is 5.73 Å². The maximum atomic E-state index is 11.9. The Labute approximate surface area is 130 Å². The number of sulfonamides is 1. The molecule has 0 unspecified atom stereocenters. The molecule has 0 amide bonds. The van der Waals surface area contributed by atoms with Gasteiger partial charge in [-0.1, -0.05) is 15.9 Å². The van der Waals surface area contributed by atoms with Crippen molar-refractivity contribution < 1.29 is 8.42 Å². The summed E-state index contributed by atoms with van der Waals surface area (Å²) in [4.78, 5) is 0.244. The number of benzene rings is 1. The molecule has 0 aliphatic carbocycles. The quantitative estimate of drug-likeness (QED) is 0.693. The minimum atomic E-state index is -3.45. The molecule has 0 saturated carbocycles. The lowest BCUT2D eigenvalue weighted by Gasteiger charge is -2.08. The molecule has 0 bridgehead atoms. The summed E-state index contributed by atoms with van der Waals surface area (Å²) < 4.78 is 27.8. The molecule has 1 rings (SSSR count). The van der Waals surface area contributed by atoms with E-state index in [-0.39, 0.29) is 17.3 Å². The van der Waals surface area contributed by atoms with Crippen molar-refractivity contribution in [1.29, 1.82) is 0 Å². The molecule has 0 spiro atoms. The first-order valence-corrected chi connectivity index (χ1v) is 8.19. The topological polar surface area (TPSA) is 72.2 Å². The van der Waals surface area contributed by atoms with Gasteiger partial charge >= 0.3 is 0 Å². The highest BCUT2D eigenvalue weighted by atomic mass is 79.9. The Hall–Kier alpha value is 0.340. The minimum absolute atomic E-state index is 0. The summed E-state index contributed by atoms with van der Waals surface area (Å²) in [5.41, 5.74) is 5.34. The molecule has 1 aromatic carbocycles. The summed E-state index contributed by atoms with van der Waals surface area (Å²) in [5.74, 6) is 0. The zero-order valence-corrected chi connectivity index (χ0v) is 14.3. The third-order valence-electron chi connectivity index (χ3n) is 2.11. The van der Waals surface area contributed by atoms with Crippen LogP contribution < -0.4 is 10.5 Å². The minimum Gasteiger partial charge on any atom is -0.330 e. The van der Waals surface area contributed by atoms with Gasteiger partial charge in [-0.2, -0.15) is 0 Å². The summed E-state index contributed by atoms with van der Waals surface area (Å²) in [5, 5.41) is 0. The second kappa shape index (κ2) is 8.50. The van der Waals surface area contributed by atoms with Crippen LogP contribution in [0.3, 0.4) is 0 Å². The van der Waals surface area contributed by atoms with Gasteiger partial charge in [0.1, 0.15) is 0 Å². The average Bonchev–Trinajstić information content (AvgIpc) is 2.24. The molecule has 8 heteroatoms. The van der Waals surface area contributed by atoms with Crippen LogP contribution in [-0.2, 0) is 10.0 Å². The van der Waals surface area contributed by atoms with Gasteiger partial charge in [-0.3, -0.25) is 0 Å². The lowest BCUT2D eigenvalue weighted by Crippen LogP contribution is -2.25. The number of rotatable bonds is 6. The number of halogens is 3. The van der Waals surface area contributed by atoms with E-state index in [2.05, 4.69) is 36.6 Å². The lowest BCUT2D eigenvalue weighted by atomic mass is 10.3. The molecule has 3 N–H and O–H groups in total. The van der Waals surface area contributed by atoms with E-state index < -0.39 is 10.0 Å². The normalized spacial score (nSPS) is 11.1. The van der Waals surface area contributed by atoms with E-state index >= 15 is 0 Å². The van der Waals surface area contributed by atoms with Crippen LogP contribution in [0, 0.1) is 0 Å². The maximum Gasteiger partial charge on any atom is 0.241 e. The Morgan fingerprint density at radius 3 is 2.44 bits per heavy atom. The van der Waals surface area contributed by atoms with Gasteiger partial charge in [-0.05, 0) is 53.5 Å². The van der Waals surface area contributed by atoms with Crippen molar-refractivity contribution in [2.75, 3.05) is 13.1 Å². The molecule has 0 atom stereocenters. The van der Waals surface area contributed by atoms with Gasteiger partial charge in [-0.15, -0.1) is 12.4 Å². The van der Waals surface area contributed by atoms with Crippen LogP contribution in [0.25, 0.3) is 0 Å². The van der Waals surface area contributed by atoms with Crippen molar-refractivity contribution in [2.45, 2.75) is 17.7 Å². The molecule has 0 aliphatic heterocycles. The van der Waals surface area contributed by atoms with E-state index in [0.717, 1.165) is 17.3 Å². The van der Waals surface area contributed by atoms with Crippen molar-refractivity contribution in [2.24, 2.45) is 5.73 Å². The number of hydrogen-bond acceptors (Lipinski definition) is 3. The van der Waals surface area contributed by atoms with Gasteiger partial charge in [0, 0.05) is 15.5 Å². The van der Waals surface area contributed by atoms with Crippen molar-refractivity contribution in [3.8, 4) is 0 Å². The predicted octanol–water partition coefficient (Wildman–Crippen LogP) is 2.65. The van der Waals surface area contributed by atoms with Crippen LogP contribution in [0.2, 0.25) is 0 Å². The lowest BCUT2D eigenvalue weighted by molar-refractivity contribution is 0.576. The molecule has 0 radical (unpaired) electrons. The molecule has 0 saturated heterocycles. The van der Waals surface area contributed by atoms with E-state index in [9.17, 15) is 8.42 Å². The SMILES string of the molecule is Cl.NCCCCNS(=O)(=O)c1ccc(Br)cc1Br. The third-order valence-corrected chi connectivity index (χ3v) is 5.04. The molecule has 0 heterocycles. The van der Waals surface area contributed by atoms with Crippen LogP contribution in [-0.4, -0.2) is 21.5 Å². The Morgan fingerprint density at radius 1 is 1.22 bits per heavy atom. The molecule has 18 heavy (non-hydrogen) atoms. The van der Waals surface area contributed by atoms with Gasteiger partial charge < -0.3 is 5.73 Å². The Kier molecular flexibility index (Phi) is 8.66. The van der Waals surface area contributed by atoms with Crippen LogP contribution in [0.4, 0.5) is 0 Å². The fraction of sp³-hybridized carbons (Fsp3) is 0.400. The third kappa shape index (κ3) is 5.54. The predicted molar refractivity (Wildman–Crippen MR) is 82.6 cm³/mol.